The Bertz CT molecular complexity index is 1370. The van der Waals surface area contributed by atoms with Gasteiger partial charge in [-0.15, -0.1) is 0 Å². The van der Waals surface area contributed by atoms with Crippen molar-refractivity contribution in [1.82, 2.24) is 24.6 Å². The number of aryl methyl sites for hydroxylation is 2. The van der Waals surface area contributed by atoms with E-state index >= 15 is 0 Å². The van der Waals surface area contributed by atoms with Gasteiger partial charge in [0.15, 0.2) is 5.65 Å². The van der Waals surface area contributed by atoms with Gasteiger partial charge in [0.2, 0.25) is 0 Å². The van der Waals surface area contributed by atoms with E-state index in [-0.39, 0.29) is 6.03 Å². The van der Waals surface area contributed by atoms with Gasteiger partial charge in [0.25, 0.3) is 0 Å². The molecule has 1 aliphatic heterocycles. The smallest absolute Gasteiger partial charge is 0.321 e. The Morgan fingerprint density at radius 1 is 1.03 bits per heavy atom. The summed E-state index contributed by atoms with van der Waals surface area (Å²) >= 11 is 3.46. The first-order valence-electron chi connectivity index (χ1n) is 12.4. The maximum Gasteiger partial charge on any atom is 0.321 e. The van der Waals surface area contributed by atoms with E-state index < -0.39 is 0 Å². The molecule has 0 aliphatic carbocycles. The van der Waals surface area contributed by atoms with Crippen molar-refractivity contribution < 1.29 is 4.79 Å². The topological polar surface area (TPSA) is 79.2 Å². The average Bonchev–Trinajstić information content (AvgIpc) is 3.04. The number of aromatic nitrogens is 4. The Balaban J connectivity index is 1.43. The molecule has 186 valence electrons. The summed E-state index contributed by atoms with van der Waals surface area (Å²) < 4.78 is 2.86. The summed E-state index contributed by atoms with van der Waals surface area (Å²) in [7, 11) is 0. The van der Waals surface area contributed by atoms with Gasteiger partial charge in [-0.3, -0.25) is 0 Å². The van der Waals surface area contributed by atoms with Crippen molar-refractivity contribution in [3.05, 3.63) is 70.6 Å². The fraction of sp³-hybridized carbons (Fsp3) is 0.333. The van der Waals surface area contributed by atoms with Crippen LogP contribution in [0.4, 0.5) is 16.3 Å². The maximum atomic E-state index is 13.0. The summed E-state index contributed by atoms with van der Waals surface area (Å²) in [5.41, 5.74) is 3.50. The van der Waals surface area contributed by atoms with E-state index in [1.165, 1.54) is 0 Å². The van der Waals surface area contributed by atoms with Crippen molar-refractivity contribution in [3.8, 4) is 5.69 Å². The van der Waals surface area contributed by atoms with Crippen molar-refractivity contribution in [2.45, 2.75) is 33.1 Å². The van der Waals surface area contributed by atoms with Crippen molar-refractivity contribution in [3.63, 3.8) is 0 Å². The predicted molar refractivity (Wildman–Crippen MR) is 147 cm³/mol. The molecule has 2 aromatic heterocycles. The predicted octanol–water partition coefficient (Wildman–Crippen LogP) is 5.58. The van der Waals surface area contributed by atoms with E-state index in [9.17, 15) is 4.79 Å². The largest absolute Gasteiger partial charge is 0.354 e. The second kappa shape index (κ2) is 10.7. The minimum absolute atomic E-state index is 0.0810. The molecule has 5 rings (SSSR count). The van der Waals surface area contributed by atoms with Crippen molar-refractivity contribution in [2.75, 3.05) is 36.4 Å². The number of amides is 2. The first-order valence-corrected chi connectivity index (χ1v) is 13.2. The second-order valence-electron chi connectivity index (χ2n) is 9.01. The van der Waals surface area contributed by atoms with Crippen LogP contribution in [-0.2, 0) is 6.42 Å². The van der Waals surface area contributed by atoms with Crippen LogP contribution < -0.4 is 10.2 Å². The van der Waals surface area contributed by atoms with Gasteiger partial charge in [0.1, 0.15) is 11.6 Å². The SMILES string of the molecule is CCCc1nc(N2CCCN(C(=O)Nc3cccc(Br)c3)CC2)c2c(C)nn(-c3ccccc3)c2n1. The summed E-state index contributed by atoms with van der Waals surface area (Å²) in [4.78, 5) is 27.1. The third-order valence-electron chi connectivity index (χ3n) is 6.36. The molecule has 0 saturated carbocycles. The number of nitrogens with zero attached hydrogens (tertiary/aromatic N) is 6. The molecular weight excluding hydrogens is 518 g/mol. The number of para-hydroxylation sites is 1. The number of anilines is 2. The standard InChI is InChI=1S/C27H30BrN7O/c1-3-9-23-30-25(24-19(2)32-35(26(24)31-23)22-12-5-4-6-13-22)33-14-8-15-34(17-16-33)27(36)29-21-11-7-10-20(28)18-21/h4-7,10-13,18H,3,8-9,14-17H2,1-2H3,(H,29,36). The number of fused-ring (bicyclic) bond motifs is 1. The van der Waals surface area contributed by atoms with Gasteiger partial charge in [-0.1, -0.05) is 47.1 Å². The lowest BCUT2D eigenvalue weighted by Crippen LogP contribution is -2.38. The first kappa shape index (κ1) is 24.2. The van der Waals surface area contributed by atoms with Gasteiger partial charge < -0.3 is 15.1 Å². The van der Waals surface area contributed by atoms with Crippen molar-refractivity contribution in [2.24, 2.45) is 0 Å². The molecule has 9 heteroatoms. The highest BCUT2D eigenvalue weighted by molar-refractivity contribution is 9.10. The van der Waals surface area contributed by atoms with Gasteiger partial charge in [-0.25, -0.2) is 19.4 Å². The summed E-state index contributed by atoms with van der Waals surface area (Å²) in [5.74, 6) is 1.74. The number of carbonyl (C=O) groups excluding carboxylic acids is 1. The Morgan fingerprint density at radius 3 is 2.64 bits per heavy atom. The number of carbonyl (C=O) groups is 1. The third kappa shape index (κ3) is 5.06. The third-order valence-corrected chi connectivity index (χ3v) is 6.86. The van der Waals surface area contributed by atoms with Gasteiger partial charge in [-0.05, 0) is 50.1 Å². The zero-order valence-corrected chi connectivity index (χ0v) is 22.2. The molecule has 8 nitrogen and oxygen atoms in total. The quantitative estimate of drug-likeness (QED) is 0.352. The molecule has 0 unspecified atom stereocenters. The number of benzene rings is 2. The number of nitrogens with one attached hydrogen (secondary N) is 1. The van der Waals surface area contributed by atoms with E-state index in [1.54, 1.807) is 0 Å². The van der Waals surface area contributed by atoms with E-state index in [2.05, 4.69) is 33.1 Å². The number of halogens is 1. The fourth-order valence-corrected chi connectivity index (χ4v) is 5.02. The van der Waals surface area contributed by atoms with Crippen LogP contribution in [0.25, 0.3) is 16.7 Å². The molecule has 0 radical (unpaired) electrons. The Hall–Kier alpha value is -3.46. The molecule has 4 aromatic rings. The highest BCUT2D eigenvalue weighted by Gasteiger charge is 2.25. The number of hydrogen-bond donors (Lipinski definition) is 1. The molecule has 2 aromatic carbocycles. The lowest BCUT2D eigenvalue weighted by atomic mass is 10.2. The zero-order valence-electron chi connectivity index (χ0n) is 20.6. The van der Waals surface area contributed by atoms with Gasteiger partial charge >= 0.3 is 6.03 Å². The monoisotopic (exact) mass is 547 g/mol. The molecule has 3 heterocycles. The van der Waals surface area contributed by atoms with E-state index in [1.807, 2.05) is 71.1 Å². The first-order chi connectivity index (χ1) is 17.5. The van der Waals surface area contributed by atoms with Gasteiger partial charge in [0.05, 0.1) is 16.8 Å². The van der Waals surface area contributed by atoms with Crippen LogP contribution in [0.15, 0.2) is 59.1 Å². The molecule has 0 spiro atoms. The van der Waals surface area contributed by atoms with Crippen LogP contribution in [0.3, 0.4) is 0 Å². The normalized spacial score (nSPS) is 14.2. The molecule has 0 bridgehead atoms. The Kier molecular flexibility index (Phi) is 7.18. The van der Waals surface area contributed by atoms with Gasteiger partial charge in [-0.2, -0.15) is 5.10 Å². The van der Waals surface area contributed by atoms with Crippen molar-refractivity contribution in [1.29, 1.82) is 0 Å². The summed E-state index contributed by atoms with van der Waals surface area (Å²) in [6.45, 7) is 6.97. The number of hydrogen-bond acceptors (Lipinski definition) is 5. The summed E-state index contributed by atoms with van der Waals surface area (Å²) in [6.07, 6.45) is 2.62. The Labute approximate surface area is 219 Å². The molecule has 1 aliphatic rings. The van der Waals surface area contributed by atoms with Crippen molar-refractivity contribution >= 4 is 44.5 Å². The Morgan fingerprint density at radius 2 is 1.86 bits per heavy atom. The maximum absolute atomic E-state index is 13.0. The van der Waals surface area contributed by atoms with Crippen LogP contribution in [0.2, 0.25) is 0 Å². The lowest BCUT2D eigenvalue weighted by Gasteiger charge is -2.24. The summed E-state index contributed by atoms with van der Waals surface area (Å²) in [5, 5.41) is 8.84. The molecule has 1 saturated heterocycles. The van der Waals surface area contributed by atoms with E-state index in [4.69, 9.17) is 15.1 Å². The molecule has 1 fully saturated rings. The van der Waals surface area contributed by atoms with Crippen LogP contribution in [0.5, 0.6) is 0 Å². The van der Waals surface area contributed by atoms with Crippen LogP contribution in [0.1, 0.15) is 31.3 Å². The van der Waals surface area contributed by atoms with Crippen LogP contribution in [0, 0.1) is 6.92 Å². The molecular formula is C27H30BrN7O. The highest BCUT2D eigenvalue weighted by atomic mass is 79.9. The van der Waals surface area contributed by atoms with Crippen LogP contribution >= 0.6 is 15.9 Å². The summed E-state index contributed by atoms with van der Waals surface area (Å²) in [6, 6.07) is 17.7. The molecule has 1 N–H and O–H groups in total. The van der Waals surface area contributed by atoms with Gasteiger partial charge in [0, 0.05) is 42.8 Å². The zero-order chi connectivity index (χ0) is 25.1. The molecule has 36 heavy (non-hydrogen) atoms. The lowest BCUT2D eigenvalue weighted by molar-refractivity contribution is 0.215. The van der Waals surface area contributed by atoms with E-state index in [0.717, 1.165) is 70.0 Å². The van der Waals surface area contributed by atoms with Crippen LogP contribution in [-0.4, -0.2) is 56.9 Å². The fourth-order valence-electron chi connectivity index (χ4n) is 4.62. The average molecular weight is 548 g/mol. The second-order valence-corrected chi connectivity index (χ2v) is 9.93. The highest BCUT2D eigenvalue weighted by Crippen LogP contribution is 2.30. The molecule has 0 atom stereocenters. The van der Waals surface area contributed by atoms with E-state index in [0.29, 0.717) is 19.6 Å². The minimum atomic E-state index is -0.0810. The number of urea groups is 1. The minimum Gasteiger partial charge on any atom is -0.354 e. The number of rotatable bonds is 5. The molecule has 2 amide bonds.